The first kappa shape index (κ1) is 7.84. The zero-order chi connectivity index (χ0) is 8.10. The van der Waals surface area contributed by atoms with Crippen molar-refractivity contribution >= 4 is 17.9 Å². The van der Waals surface area contributed by atoms with Crippen LogP contribution in [0.15, 0.2) is 24.3 Å². The van der Waals surface area contributed by atoms with E-state index >= 15 is 0 Å². The molecule has 0 unspecified atom stereocenters. The third-order valence-electron chi connectivity index (χ3n) is 1.14. The van der Waals surface area contributed by atoms with Crippen LogP contribution in [0.3, 0.4) is 0 Å². The molecule has 0 atom stereocenters. The average molecular weight is 165 g/mol. The fourth-order valence-electron chi connectivity index (χ4n) is 0.670. The van der Waals surface area contributed by atoms with Crippen molar-refractivity contribution in [2.45, 2.75) is 0 Å². The van der Waals surface area contributed by atoms with E-state index in [1.165, 1.54) is 0 Å². The Balaban J connectivity index is 3.03. The van der Waals surface area contributed by atoms with Gasteiger partial charge in [0, 0.05) is 5.56 Å². The Morgan fingerprint density at radius 1 is 1.36 bits per heavy atom. The lowest BCUT2D eigenvalue weighted by atomic mass is 10.2. The van der Waals surface area contributed by atoms with Gasteiger partial charge in [-0.25, -0.2) is 0 Å². The molecule has 0 radical (unpaired) electrons. The van der Waals surface area contributed by atoms with Crippen molar-refractivity contribution in [3.05, 3.63) is 34.9 Å². The molecule has 0 amide bonds. The summed E-state index contributed by atoms with van der Waals surface area (Å²) in [7, 11) is 0. The maximum atomic E-state index is 9.87. The maximum absolute atomic E-state index is 9.87. The molecule has 0 aliphatic rings. The van der Waals surface area contributed by atoms with Crippen LogP contribution in [0, 0.1) is 11.8 Å². The number of carbonyl (C=O) groups excluding carboxylic acids is 1. The Hall–Kier alpha value is -1.26. The lowest BCUT2D eigenvalue weighted by Crippen LogP contribution is -1.74. The average Bonchev–Trinajstić information content (AvgIpc) is 2.03. The van der Waals surface area contributed by atoms with Crippen LogP contribution >= 0.6 is 11.6 Å². The molecule has 0 saturated heterocycles. The normalized spacial score (nSPS) is 8.09. The number of hydrogen-bond donors (Lipinski definition) is 0. The summed E-state index contributed by atoms with van der Waals surface area (Å²) in [6.45, 7) is 0. The molecule has 0 saturated carbocycles. The zero-order valence-electron chi connectivity index (χ0n) is 5.67. The molecule has 1 rings (SSSR count). The van der Waals surface area contributed by atoms with Crippen molar-refractivity contribution < 1.29 is 4.79 Å². The van der Waals surface area contributed by atoms with Gasteiger partial charge in [-0.2, -0.15) is 0 Å². The molecule has 0 aliphatic heterocycles. The Morgan fingerprint density at radius 2 is 2.09 bits per heavy atom. The molecule has 0 aliphatic carbocycles. The molecule has 2 heteroatoms. The molecular formula is C9H5ClO. The van der Waals surface area contributed by atoms with Crippen LogP contribution in [0.1, 0.15) is 5.56 Å². The third kappa shape index (κ3) is 2.10. The monoisotopic (exact) mass is 164 g/mol. The molecule has 1 nitrogen and oxygen atoms in total. The van der Waals surface area contributed by atoms with Crippen molar-refractivity contribution in [2.75, 3.05) is 0 Å². The maximum Gasteiger partial charge on any atom is 0.193 e. The number of aldehydes is 1. The van der Waals surface area contributed by atoms with Gasteiger partial charge in [0.25, 0.3) is 0 Å². The van der Waals surface area contributed by atoms with Crippen LogP contribution in [-0.2, 0) is 4.79 Å². The highest BCUT2D eigenvalue weighted by Crippen LogP contribution is 2.12. The fourth-order valence-corrected chi connectivity index (χ4v) is 0.853. The van der Waals surface area contributed by atoms with Gasteiger partial charge in [0.05, 0.1) is 5.02 Å². The molecule has 11 heavy (non-hydrogen) atoms. The molecule has 1 aromatic carbocycles. The number of hydrogen-bond acceptors (Lipinski definition) is 1. The van der Waals surface area contributed by atoms with Crippen molar-refractivity contribution in [3.63, 3.8) is 0 Å². The van der Waals surface area contributed by atoms with Crippen LogP contribution < -0.4 is 0 Å². The van der Waals surface area contributed by atoms with Gasteiger partial charge in [0.1, 0.15) is 0 Å². The first-order valence-electron chi connectivity index (χ1n) is 3.04. The number of carbonyl (C=O) groups is 1. The predicted molar refractivity (Wildman–Crippen MR) is 44.4 cm³/mol. The first-order valence-corrected chi connectivity index (χ1v) is 3.42. The van der Waals surface area contributed by atoms with E-state index in [0.29, 0.717) is 16.9 Å². The minimum atomic E-state index is 0.545. The Bertz CT molecular complexity index is 320. The van der Waals surface area contributed by atoms with E-state index in [9.17, 15) is 4.79 Å². The second kappa shape index (κ2) is 3.80. The van der Waals surface area contributed by atoms with Crippen LogP contribution in [-0.4, -0.2) is 6.29 Å². The van der Waals surface area contributed by atoms with E-state index in [4.69, 9.17) is 11.6 Å². The van der Waals surface area contributed by atoms with E-state index in [2.05, 4.69) is 11.8 Å². The van der Waals surface area contributed by atoms with Crippen molar-refractivity contribution in [3.8, 4) is 11.8 Å². The van der Waals surface area contributed by atoms with Gasteiger partial charge in [-0.1, -0.05) is 29.7 Å². The smallest absolute Gasteiger partial charge is 0.193 e. The molecule has 54 valence electrons. The topological polar surface area (TPSA) is 17.1 Å². The number of benzene rings is 1. The lowest BCUT2D eigenvalue weighted by Gasteiger charge is -1.90. The summed E-state index contributed by atoms with van der Waals surface area (Å²) < 4.78 is 0. The van der Waals surface area contributed by atoms with Gasteiger partial charge < -0.3 is 0 Å². The summed E-state index contributed by atoms with van der Waals surface area (Å²) in [6, 6.07) is 7.13. The summed E-state index contributed by atoms with van der Waals surface area (Å²) in [5.74, 6) is 4.90. The molecule has 0 fully saturated rings. The van der Waals surface area contributed by atoms with Crippen LogP contribution in [0.2, 0.25) is 5.02 Å². The second-order valence-corrected chi connectivity index (χ2v) is 2.27. The Kier molecular flexibility index (Phi) is 2.71. The van der Waals surface area contributed by atoms with Gasteiger partial charge in [-0.3, -0.25) is 4.79 Å². The minimum absolute atomic E-state index is 0.545. The van der Waals surface area contributed by atoms with E-state index in [1.54, 1.807) is 12.1 Å². The van der Waals surface area contributed by atoms with Gasteiger partial charge in [0.2, 0.25) is 0 Å². The van der Waals surface area contributed by atoms with Crippen LogP contribution in [0.25, 0.3) is 0 Å². The third-order valence-corrected chi connectivity index (χ3v) is 1.47. The van der Waals surface area contributed by atoms with Crippen molar-refractivity contribution in [1.82, 2.24) is 0 Å². The highest BCUT2D eigenvalue weighted by atomic mass is 35.5. The van der Waals surface area contributed by atoms with Crippen LogP contribution in [0.4, 0.5) is 0 Å². The zero-order valence-corrected chi connectivity index (χ0v) is 6.43. The quantitative estimate of drug-likeness (QED) is 0.423. The molecule has 1 aromatic rings. The number of rotatable bonds is 0. The first-order chi connectivity index (χ1) is 5.34. The number of halogens is 1. The van der Waals surface area contributed by atoms with E-state index < -0.39 is 0 Å². The summed E-state index contributed by atoms with van der Waals surface area (Å²) in [5, 5.41) is 0.571. The summed E-state index contributed by atoms with van der Waals surface area (Å²) in [6.07, 6.45) is 0.545. The molecule has 0 heterocycles. The second-order valence-electron chi connectivity index (χ2n) is 1.87. The summed E-state index contributed by atoms with van der Waals surface area (Å²) >= 11 is 5.74. The van der Waals surface area contributed by atoms with Gasteiger partial charge in [-0.15, -0.1) is 0 Å². The Morgan fingerprint density at radius 3 is 2.73 bits per heavy atom. The van der Waals surface area contributed by atoms with Gasteiger partial charge in [-0.05, 0) is 18.1 Å². The van der Waals surface area contributed by atoms with E-state index in [0.717, 1.165) is 0 Å². The summed E-state index contributed by atoms with van der Waals surface area (Å²) in [4.78, 5) is 9.87. The Labute approximate surface area is 70.0 Å². The molecule has 0 aromatic heterocycles. The molecule has 0 N–H and O–H groups in total. The van der Waals surface area contributed by atoms with Crippen LogP contribution in [0.5, 0.6) is 0 Å². The highest BCUT2D eigenvalue weighted by Gasteiger charge is 1.91. The van der Waals surface area contributed by atoms with E-state index in [1.807, 2.05) is 12.1 Å². The largest absolute Gasteiger partial charge is 0.289 e. The highest BCUT2D eigenvalue weighted by molar-refractivity contribution is 6.31. The predicted octanol–water partition coefficient (Wildman–Crippen LogP) is 1.89. The minimum Gasteiger partial charge on any atom is -0.289 e. The lowest BCUT2D eigenvalue weighted by molar-refractivity contribution is -0.103. The van der Waals surface area contributed by atoms with Gasteiger partial charge >= 0.3 is 0 Å². The standard InChI is InChI=1S/C9H5ClO/c10-9-6-2-1-4-8(9)5-3-7-11/h1-2,4,6-7H. The SMILES string of the molecule is O=CC#Cc1ccccc1Cl. The molecule has 0 bridgehead atoms. The van der Waals surface area contributed by atoms with Crippen molar-refractivity contribution in [1.29, 1.82) is 0 Å². The summed E-state index contributed by atoms with van der Waals surface area (Å²) in [5.41, 5.74) is 0.682. The van der Waals surface area contributed by atoms with Gasteiger partial charge in [0.15, 0.2) is 6.29 Å². The van der Waals surface area contributed by atoms with E-state index in [-0.39, 0.29) is 0 Å². The molecular weight excluding hydrogens is 160 g/mol. The fraction of sp³-hybridized carbons (Fsp3) is 0. The van der Waals surface area contributed by atoms with Crippen molar-refractivity contribution in [2.24, 2.45) is 0 Å². The molecule has 0 spiro atoms.